The fourth-order valence-corrected chi connectivity index (χ4v) is 4.10. The molecule has 0 bridgehead atoms. The maximum Gasteiger partial charge on any atom is 0.115 e. The van der Waals surface area contributed by atoms with E-state index in [-0.39, 0.29) is 6.61 Å². The number of hydrogen-bond acceptors (Lipinski definition) is 3. The van der Waals surface area contributed by atoms with E-state index in [1.54, 1.807) is 6.07 Å². The van der Waals surface area contributed by atoms with Gasteiger partial charge in [0.05, 0.1) is 6.61 Å². The van der Waals surface area contributed by atoms with Gasteiger partial charge in [0.25, 0.3) is 0 Å². The van der Waals surface area contributed by atoms with Crippen molar-refractivity contribution in [3.05, 3.63) is 70.8 Å². The van der Waals surface area contributed by atoms with Crippen molar-refractivity contribution in [2.75, 3.05) is 20.6 Å². The van der Waals surface area contributed by atoms with E-state index in [0.717, 1.165) is 36.9 Å². The molecule has 0 amide bonds. The molecule has 3 rings (SSSR count). The maximum absolute atomic E-state index is 9.92. The molecule has 0 radical (unpaired) electrons. The lowest BCUT2D eigenvalue weighted by Gasteiger charge is -2.35. The molecule has 0 spiro atoms. The maximum atomic E-state index is 9.92. The van der Waals surface area contributed by atoms with Gasteiger partial charge in [-0.2, -0.15) is 0 Å². The second kappa shape index (κ2) is 8.52. The molecule has 2 unspecified atom stereocenters. The van der Waals surface area contributed by atoms with Gasteiger partial charge in [-0.1, -0.05) is 42.0 Å². The molecular formula is C23H29NO2. The van der Waals surface area contributed by atoms with Crippen molar-refractivity contribution in [3.8, 4) is 5.75 Å². The van der Waals surface area contributed by atoms with E-state index in [9.17, 15) is 10.2 Å². The van der Waals surface area contributed by atoms with Gasteiger partial charge in [-0.15, -0.1) is 0 Å². The van der Waals surface area contributed by atoms with E-state index < -0.39 is 0 Å². The normalized spacial score (nSPS) is 22.1. The topological polar surface area (TPSA) is 43.7 Å². The first-order valence-corrected chi connectivity index (χ1v) is 9.38. The monoisotopic (exact) mass is 351 g/mol. The molecular weight excluding hydrogens is 322 g/mol. The first-order valence-electron chi connectivity index (χ1n) is 9.38. The highest BCUT2D eigenvalue weighted by atomic mass is 16.3. The predicted octanol–water partition coefficient (Wildman–Crippen LogP) is 4.41. The van der Waals surface area contributed by atoms with Crippen molar-refractivity contribution < 1.29 is 10.2 Å². The quantitative estimate of drug-likeness (QED) is 0.838. The summed E-state index contributed by atoms with van der Waals surface area (Å²) >= 11 is 0. The summed E-state index contributed by atoms with van der Waals surface area (Å²) in [7, 11) is 4.26. The minimum atomic E-state index is 0.0772. The number of nitrogens with zero attached hydrogens (tertiary/aromatic N) is 1. The Kier molecular flexibility index (Phi) is 6.12. The highest BCUT2D eigenvalue weighted by Gasteiger charge is 2.29. The number of phenolic OH excluding ortho intramolecular Hbond substituents is 1. The molecule has 1 saturated carbocycles. The van der Waals surface area contributed by atoms with Crippen LogP contribution in [0.4, 0.5) is 0 Å². The highest BCUT2D eigenvalue weighted by Crippen LogP contribution is 2.42. The lowest BCUT2D eigenvalue weighted by atomic mass is 9.73. The van der Waals surface area contributed by atoms with Crippen LogP contribution in [0.15, 0.2) is 54.1 Å². The summed E-state index contributed by atoms with van der Waals surface area (Å²) < 4.78 is 0. The Morgan fingerprint density at radius 1 is 1.12 bits per heavy atom. The van der Waals surface area contributed by atoms with E-state index in [4.69, 9.17) is 0 Å². The van der Waals surface area contributed by atoms with Crippen LogP contribution in [0.3, 0.4) is 0 Å². The average molecular weight is 351 g/mol. The summed E-state index contributed by atoms with van der Waals surface area (Å²) in [6, 6.07) is 15.9. The molecule has 3 nitrogen and oxygen atoms in total. The van der Waals surface area contributed by atoms with Crippen LogP contribution in [-0.2, 0) is 6.61 Å². The molecule has 1 fully saturated rings. The molecule has 2 aromatic carbocycles. The van der Waals surface area contributed by atoms with Crippen molar-refractivity contribution >= 4 is 6.08 Å². The summed E-state index contributed by atoms with van der Waals surface area (Å²) in [6.07, 6.45) is 5.56. The van der Waals surface area contributed by atoms with Gasteiger partial charge in [0.2, 0.25) is 0 Å². The molecule has 138 valence electrons. The molecule has 2 N–H and O–H groups in total. The first-order chi connectivity index (χ1) is 12.5. The number of aliphatic hydroxyl groups excluding tert-OH is 1. The van der Waals surface area contributed by atoms with Crippen molar-refractivity contribution in [1.29, 1.82) is 0 Å². The summed E-state index contributed by atoms with van der Waals surface area (Å²) in [6.45, 7) is 1.14. The van der Waals surface area contributed by atoms with Crippen molar-refractivity contribution in [3.63, 3.8) is 0 Å². The van der Waals surface area contributed by atoms with Crippen molar-refractivity contribution in [1.82, 2.24) is 4.90 Å². The molecule has 26 heavy (non-hydrogen) atoms. The van der Waals surface area contributed by atoms with E-state index in [2.05, 4.69) is 43.3 Å². The molecule has 0 heterocycles. The van der Waals surface area contributed by atoms with Gasteiger partial charge in [0.15, 0.2) is 0 Å². The third-order valence-corrected chi connectivity index (χ3v) is 5.29. The van der Waals surface area contributed by atoms with Crippen LogP contribution in [0.2, 0.25) is 0 Å². The van der Waals surface area contributed by atoms with Gasteiger partial charge in [-0.3, -0.25) is 0 Å². The zero-order valence-corrected chi connectivity index (χ0v) is 15.7. The number of phenols is 1. The van der Waals surface area contributed by atoms with Gasteiger partial charge >= 0.3 is 0 Å². The molecule has 1 aliphatic rings. The standard InChI is InChI=1S/C23H29NO2/c1-24(2)15-21-10-9-18(11-17-5-3-6-19(12-17)16-25)13-23(21)20-7-4-8-22(26)14-20/h3-8,11-12,14,21,23,25-26H,9-10,13,15-16H2,1-2H3/b18-11-. The Balaban J connectivity index is 1.86. The Labute approximate surface area is 156 Å². The average Bonchev–Trinajstić information content (AvgIpc) is 2.63. The van der Waals surface area contributed by atoms with Crippen LogP contribution < -0.4 is 0 Å². The smallest absolute Gasteiger partial charge is 0.115 e. The number of allylic oxidation sites excluding steroid dienone is 1. The summed E-state index contributed by atoms with van der Waals surface area (Å²) in [5.41, 5.74) is 4.78. The molecule has 3 heteroatoms. The zero-order chi connectivity index (χ0) is 18.5. The van der Waals surface area contributed by atoms with Gasteiger partial charge in [0.1, 0.15) is 5.75 Å². The third kappa shape index (κ3) is 4.75. The minimum Gasteiger partial charge on any atom is -0.508 e. The summed E-state index contributed by atoms with van der Waals surface area (Å²) in [4.78, 5) is 2.26. The van der Waals surface area contributed by atoms with Gasteiger partial charge < -0.3 is 15.1 Å². The van der Waals surface area contributed by atoms with Crippen molar-refractivity contribution in [2.45, 2.75) is 31.8 Å². The zero-order valence-electron chi connectivity index (χ0n) is 15.7. The molecule has 0 aliphatic heterocycles. The Bertz CT molecular complexity index is 766. The predicted molar refractivity (Wildman–Crippen MR) is 107 cm³/mol. The second-order valence-corrected chi connectivity index (χ2v) is 7.67. The van der Waals surface area contributed by atoms with Gasteiger partial charge in [-0.05, 0) is 80.1 Å². The van der Waals surface area contributed by atoms with E-state index in [0.29, 0.717) is 17.6 Å². The molecule has 2 aromatic rings. The summed E-state index contributed by atoms with van der Waals surface area (Å²) in [5, 5.41) is 19.3. The molecule has 0 saturated heterocycles. The van der Waals surface area contributed by atoms with Crippen LogP contribution in [0, 0.1) is 5.92 Å². The van der Waals surface area contributed by atoms with Crippen LogP contribution in [0.1, 0.15) is 41.9 Å². The fraction of sp³-hybridized carbons (Fsp3) is 0.391. The lowest BCUT2D eigenvalue weighted by molar-refractivity contribution is 0.256. The van der Waals surface area contributed by atoms with E-state index >= 15 is 0 Å². The third-order valence-electron chi connectivity index (χ3n) is 5.29. The SMILES string of the molecule is CN(C)CC1CC/C(=C/c2cccc(CO)c2)CC1c1cccc(O)c1. The van der Waals surface area contributed by atoms with Crippen LogP contribution in [0.5, 0.6) is 5.75 Å². The van der Waals surface area contributed by atoms with Gasteiger partial charge in [0, 0.05) is 6.54 Å². The van der Waals surface area contributed by atoms with Crippen LogP contribution >= 0.6 is 0 Å². The van der Waals surface area contributed by atoms with E-state index in [1.165, 1.54) is 11.1 Å². The van der Waals surface area contributed by atoms with E-state index in [1.807, 2.05) is 24.3 Å². The Hall–Kier alpha value is -2.10. The van der Waals surface area contributed by atoms with Crippen LogP contribution in [0.25, 0.3) is 6.08 Å². The molecule has 0 aromatic heterocycles. The number of benzene rings is 2. The number of aliphatic hydroxyl groups is 1. The largest absolute Gasteiger partial charge is 0.508 e. The fourth-order valence-electron chi connectivity index (χ4n) is 4.10. The number of aromatic hydroxyl groups is 1. The Morgan fingerprint density at radius 2 is 1.92 bits per heavy atom. The summed E-state index contributed by atoms with van der Waals surface area (Å²) in [5.74, 6) is 1.36. The first kappa shape index (κ1) is 18.7. The molecule has 2 atom stereocenters. The Morgan fingerprint density at radius 3 is 2.65 bits per heavy atom. The minimum absolute atomic E-state index is 0.0772. The van der Waals surface area contributed by atoms with Crippen molar-refractivity contribution in [2.24, 2.45) is 5.92 Å². The lowest BCUT2D eigenvalue weighted by Crippen LogP contribution is -2.29. The van der Waals surface area contributed by atoms with Crippen LogP contribution in [-0.4, -0.2) is 35.8 Å². The molecule has 1 aliphatic carbocycles. The number of hydrogen-bond donors (Lipinski definition) is 2. The highest BCUT2D eigenvalue weighted by molar-refractivity contribution is 5.54. The number of rotatable bonds is 5. The second-order valence-electron chi connectivity index (χ2n) is 7.67. The van der Waals surface area contributed by atoms with Gasteiger partial charge in [-0.25, -0.2) is 0 Å².